The maximum Gasteiger partial charge on any atom is 0.342 e. The van der Waals surface area contributed by atoms with E-state index in [4.69, 9.17) is 4.74 Å². The number of hydrogen-bond donors (Lipinski definition) is 3. The van der Waals surface area contributed by atoms with Gasteiger partial charge < -0.3 is 15.2 Å². The van der Waals surface area contributed by atoms with Crippen LogP contribution in [0, 0.1) is 0 Å². The summed E-state index contributed by atoms with van der Waals surface area (Å²) in [5.74, 6) is -1.94. The van der Waals surface area contributed by atoms with Gasteiger partial charge in [0.05, 0.1) is 0 Å². The molecular weight excluding hydrogens is 464 g/mol. The van der Waals surface area contributed by atoms with Crippen LogP contribution in [0.5, 0.6) is 5.75 Å². The van der Waals surface area contributed by atoms with Crippen molar-refractivity contribution < 1.29 is 27.9 Å². The van der Waals surface area contributed by atoms with E-state index in [0.717, 1.165) is 28.2 Å². The minimum atomic E-state index is -3.83. The molecule has 0 saturated heterocycles. The van der Waals surface area contributed by atoms with E-state index >= 15 is 0 Å². The second-order valence-corrected chi connectivity index (χ2v) is 9.78. The monoisotopic (exact) mass is 482 g/mol. The number of fused-ring (bicyclic) bond motifs is 1. The van der Waals surface area contributed by atoms with Crippen LogP contribution in [0.25, 0.3) is 10.8 Å². The minimum absolute atomic E-state index is 0.0633. The van der Waals surface area contributed by atoms with E-state index < -0.39 is 34.3 Å². The Balaban J connectivity index is 1.43. The summed E-state index contributed by atoms with van der Waals surface area (Å²) in [5.41, 5.74) is 0.356. The van der Waals surface area contributed by atoms with Gasteiger partial charge in [0.1, 0.15) is 15.5 Å². The SMILES string of the molecule is O=C(COC(=O)c1cc(NS(=O)(=O)c2cccs2)ccc1O)Nc1cccc2ccccc12. The average Bonchev–Trinajstić information content (AvgIpc) is 3.35. The summed E-state index contributed by atoms with van der Waals surface area (Å²) >= 11 is 1.04. The number of sulfonamides is 1. The number of nitrogens with one attached hydrogen (secondary N) is 2. The molecule has 0 radical (unpaired) electrons. The Bertz CT molecular complexity index is 1430. The summed E-state index contributed by atoms with van der Waals surface area (Å²) in [4.78, 5) is 24.8. The molecule has 168 valence electrons. The molecule has 1 heterocycles. The minimum Gasteiger partial charge on any atom is -0.507 e. The zero-order chi connectivity index (χ0) is 23.4. The molecule has 0 aliphatic rings. The van der Waals surface area contributed by atoms with Crippen LogP contribution in [0.1, 0.15) is 10.4 Å². The van der Waals surface area contributed by atoms with Crippen molar-refractivity contribution in [2.45, 2.75) is 4.21 Å². The highest BCUT2D eigenvalue weighted by Crippen LogP contribution is 2.26. The molecule has 3 aromatic carbocycles. The predicted octanol–water partition coefficient (Wildman–Crippen LogP) is 4.20. The van der Waals surface area contributed by atoms with Gasteiger partial charge >= 0.3 is 5.97 Å². The maximum absolute atomic E-state index is 12.4. The molecule has 0 aliphatic heterocycles. The van der Waals surface area contributed by atoms with E-state index in [2.05, 4.69) is 10.0 Å². The molecular formula is C23H18N2O6S2. The highest BCUT2D eigenvalue weighted by molar-refractivity contribution is 7.94. The highest BCUT2D eigenvalue weighted by atomic mass is 32.2. The molecule has 0 saturated carbocycles. The number of carbonyl (C=O) groups is 2. The number of phenolic OH excluding ortho intramolecular Hbond substituents is 1. The second kappa shape index (κ2) is 9.31. The number of amides is 1. The standard InChI is InChI=1S/C23H18N2O6S2/c26-20-11-10-16(25-33(29,30)22-9-4-12-32-22)13-18(20)23(28)31-14-21(27)24-19-8-3-6-15-5-1-2-7-17(15)19/h1-13,25-26H,14H2,(H,24,27). The number of benzene rings is 3. The molecule has 1 amide bonds. The van der Waals surface area contributed by atoms with Crippen LogP contribution in [0.3, 0.4) is 0 Å². The van der Waals surface area contributed by atoms with Gasteiger partial charge in [0, 0.05) is 16.8 Å². The van der Waals surface area contributed by atoms with Gasteiger partial charge in [-0.25, -0.2) is 13.2 Å². The van der Waals surface area contributed by atoms with Crippen molar-refractivity contribution in [3.8, 4) is 5.75 Å². The van der Waals surface area contributed by atoms with E-state index in [0.29, 0.717) is 5.69 Å². The lowest BCUT2D eigenvalue weighted by atomic mass is 10.1. The summed E-state index contributed by atoms with van der Waals surface area (Å²) in [6.45, 7) is -0.591. The van der Waals surface area contributed by atoms with Crippen molar-refractivity contribution in [2.75, 3.05) is 16.6 Å². The van der Waals surface area contributed by atoms with Crippen LogP contribution in [0.4, 0.5) is 11.4 Å². The van der Waals surface area contributed by atoms with Gasteiger partial charge in [-0.15, -0.1) is 11.3 Å². The number of esters is 1. The number of carbonyl (C=O) groups excluding carboxylic acids is 2. The molecule has 4 aromatic rings. The fraction of sp³-hybridized carbons (Fsp3) is 0.0435. The third kappa shape index (κ3) is 5.13. The third-order valence-corrected chi connectivity index (χ3v) is 7.41. The molecule has 3 N–H and O–H groups in total. The number of aromatic hydroxyl groups is 1. The number of rotatable bonds is 7. The number of phenols is 1. The van der Waals surface area contributed by atoms with E-state index in [1.165, 1.54) is 18.2 Å². The third-order valence-electron chi connectivity index (χ3n) is 4.63. The van der Waals surface area contributed by atoms with Crippen molar-refractivity contribution >= 4 is 55.4 Å². The molecule has 0 bridgehead atoms. The van der Waals surface area contributed by atoms with Crippen LogP contribution < -0.4 is 10.0 Å². The number of anilines is 2. The first kappa shape index (κ1) is 22.3. The van der Waals surface area contributed by atoms with Crippen LogP contribution in [-0.4, -0.2) is 32.0 Å². The fourth-order valence-corrected chi connectivity index (χ4v) is 5.16. The van der Waals surface area contributed by atoms with E-state index in [-0.39, 0.29) is 15.5 Å². The topological polar surface area (TPSA) is 122 Å². The van der Waals surface area contributed by atoms with Gasteiger partial charge in [0.15, 0.2) is 6.61 Å². The Labute approximate surface area is 193 Å². The lowest BCUT2D eigenvalue weighted by Crippen LogP contribution is -2.21. The summed E-state index contributed by atoms with van der Waals surface area (Å²) in [6, 6.07) is 19.6. The maximum atomic E-state index is 12.4. The van der Waals surface area contributed by atoms with Gasteiger partial charge in [-0.3, -0.25) is 9.52 Å². The number of hydrogen-bond acceptors (Lipinski definition) is 7. The van der Waals surface area contributed by atoms with E-state index in [1.54, 1.807) is 23.6 Å². The lowest BCUT2D eigenvalue weighted by Gasteiger charge is -2.11. The molecule has 0 spiro atoms. The molecule has 0 aliphatic carbocycles. The molecule has 0 fully saturated rings. The first-order valence-electron chi connectivity index (χ1n) is 9.67. The van der Waals surface area contributed by atoms with Gasteiger partial charge in [0.25, 0.3) is 15.9 Å². The second-order valence-electron chi connectivity index (χ2n) is 6.92. The van der Waals surface area contributed by atoms with Crippen LogP contribution in [-0.2, 0) is 19.6 Å². The highest BCUT2D eigenvalue weighted by Gasteiger charge is 2.19. The van der Waals surface area contributed by atoms with Gasteiger partial charge in [-0.05, 0) is 41.1 Å². The van der Waals surface area contributed by atoms with Gasteiger partial charge in [-0.1, -0.05) is 42.5 Å². The molecule has 0 atom stereocenters. The van der Waals surface area contributed by atoms with Gasteiger partial charge in [0.2, 0.25) is 0 Å². The van der Waals surface area contributed by atoms with Crippen molar-refractivity contribution in [2.24, 2.45) is 0 Å². The fourth-order valence-electron chi connectivity index (χ4n) is 3.11. The van der Waals surface area contributed by atoms with Crippen LogP contribution in [0.15, 0.2) is 82.4 Å². The van der Waals surface area contributed by atoms with Crippen molar-refractivity contribution in [3.63, 3.8) is 0 Å². The quantitative estimate of drug-likeness (QED) is 0.268. The van der Waals surface area contributed by atoms with Crippen molar-refractivity contribution in [3.05, 3.63) is 83.7 Å². The van der Waals surface area contributed by atoms with Crippen molar-refractivity contribution in [1.82, 2.24) is 0 Å². The smallest absolute Gasteiger partial charge is 0.342 e. The zero-order valence-corrected chi connectivity index (χ0v) is 18.7. The molecule has 0 unspecified atom stereocenters. The van der Waals surface area contributed by atoms with Crippen LogP contribution in [0.2, 0.25) is 0 Å². The first-order chi connectivity index (χ1) is 15.8. The predicted molar refractivity (Wildman–Crippen MR) is 126 cm³/mol. The van der Waals surface area contributed by atoms with Crippen LogP contribution >= 0.6 is 11.3 Å². The average molecular weight is 483 g/mol. The summed E-state index contributed by atoms with van der Waals surface area (Å²) < 4.78 is 32.2. The first-order valence-corrected chi connectivity index (χ1v) is 12.0. The van der Waals surface area contributed by atoms with Gasteiger partial charge in [-0.2, -0.15) is 0 Å². The molecule has 8 nitrogen and oxygen atoms in total. The van der Waals surface area contributed by atoms with E-state index in [1.807, 2.05) is 30.3 Å². The summed E-state index contributed by atoms with van der Waals surface area (Å²) in [6.07, 6.45) is 0. The molecule has 10 heteroatoms. The Kier molecular flexibility index (Phi) is 6.29. The lowest BCUT2D eigenvalue weighted by molar-refractivity contribution is -0.119. The molecule has 33 heavy (non-hydrogen) atoms. The normalized spacial score (nSPS) is 11.2. The molecule has 1 aromatic heterocycles. The van der Waals surface area contributed by atoms with E-state index in [9.17, 15) is 23.1 Å². The number of thiophene rings is 1. The Morgan fingerprint density at radius 3 is 2.55 bits per heavy atom. The molecule has 4 rings (SSSR count). The Morgan fingerprint density at radius 2 is 1.76 bits per heavy atom. The zero-order valence-electron chi connectivity index (χ0n) is 17.0. The summed E-state index contributed by atoms with van der Waals surface area (Å²) in [5, 5.41) is 16.1. The Hall–Kier alpha value is -3.89. The Morgan fingerprint density at radius 1 is 0.970 bits per heavy atom. The van der Waals surface area contributed by atoms with Crippen molar-refractivity contribution in [1.29, 1.82) is 0 Å². The number of ether oxygens (including phenoxy) is 1. The summed E-state index contributed by atoms with van der Waals surface area (Å²) in [7, 11) is -3.83. The largest absolute Gasteiger partial charge is 0.507 e.